The lowest BCUT2D eigenvalue weighted by Gasteiger charge is -2.26. The monoisotopic (exact) mass is 345 g/mol. The van der Waals surface area contributed by atoms with E-state index in [1.54, 1.807) is 11.3 Å². The first-order valence-corrected chi connectivity index (χ1v) is 9.26. The summed E-state index contributed by atoms with van der Waals surface area (Å²) in [6.45, 7) is 5.36. The Balaban J connectivity index is 1.38. The average Bonchev–Trinajstić information content (AvgIpc) is 3.09. The third-order valence-electron chi connectivity index (χ3n) is 3.99. The first-order chi connectivity index (χ1) is 11.8. The van der Waals surface area contributed by atoms with Gasteiger partial charge in [-0.05, 0) is 13.0 Å². The molecule has 2 aromatic rings. The standard InChI is InChI=1S/C18H23N3O2S/c22-17(19-7-4-8-21-9-11-23-12-10-21)13-16-14-24-18(20-16)15-5-2-1-3-6-15/h1-3,5-6,14H,4,7-13H2,(H,19,22). The van der Waals surface area contributed by atoms with Crippen LogP contribution >= 0.6 is 11.3 Å². The number of nitrogens with zero attached hydrogens (tertiary/aromatic N) is 2. The zero-order chi connectivity index (χ0) is 16.6. The van der Waals surface area contributed by atoms with E-state index in [2.05, 4.69) is 15.2 Å². The zero-order valence-electron chi connectivity index (χ0n) is 13.7. The van der Waals surface area contributed by atoms with Gasteiger partial charge in [0.05, 0.1) is 25.3 Å². The summed E-state index contributed by atoms with van der Waals surface area (Å²) in [5.74, 6) is 0.0434. The van der Waals surface area contributed by atoms with Crippen molar-refractivity contribution in [3.63, 3.8) is 0 Å². The molecular formula is C18H23N3O2S. The molecule has 0 aliphatic carbocycles. The number of nitrogens with one attached hydrogen (secondary N) is 1. The summed E-state index contributed by atoms with van der Waals surface area (Å²) < 4.78 is 5.33. The number of morpholine rings is 1. The molecule has 1 fully saturated rings. The Morgan fingerprint density at radius 3 is 2.83 bits per heavy atom. The Kier molecular flexibility index (Phi) is 6.34. The number of ether oxygens (including phenoxy) is 1. The summed E-state index contributed by atoms with van der Waals surface area (Å²) in [5.41, 5.74) is 1.93. The van der Waals surface area contributed by atoms with Crippen LogP contribution in [0.5, 0.6) is 0 Å². The molecule has 5 nitrogen and oxygen atoms in total. The number of hydrogen-bond acceptors (Lipinski definition) is 5. The Bertz CT molecular complexity index is 639. The van der Waals surface area contributed by atoms with Crippen molar-refractivity contribution in [1.82, 2.24) is 15.2 Å². The van der Waals surface area contributed by atoms with Crippen LogP contribution in [0.1, 0.15) is 12.1 Å². The molecule has 1 aromatic carbocycles. The molecule has 1 aliphatic heterocycles. The molecule has 1 saturated heterocycles. The second-order valence-electron chi connectivity index (χ2n) is 5.84. The fourth-order valence-corrected chi connectivity index (χ4v) is 3.51. The Morgan fingerprint density at radius 2 is 2.04 bits per heavy atom. The van der Waals surface area contributed by atoms with Crippen LogP contribution in [0.2, 0.25) is 0 Å². The number of hydrogen-bond donors (Lipinski definition) is 1. The van der Waals surface area contributed by atoms with E-state index in [1.807, 2.05) is 35.7 Å². The quantitative estimate of drug-likeness (QED) is 0.782. The maximum Gasteiger partial charge on any atom is 0.226 e. The van der Waals surface area contributed by atoms with E-state index in [-0.39, 0.29) is 5.91 Å². The molecule has 0 bridgehead atoms. The van der Waals surface area contributed by atoms with Gasteiger partial charge in [-0.25, -0.2) is 4.98 Å². The molecule has 0 spiro atoms. The number of amides is 1. The molecule has 0 radical (unpaired) electrons. The maximum absolute atomic E-state index is 12.0. The van der Waals surface area contributed by atoms with Crippen molar-refractivity contribution in [3.8, 4) is 10.6 Å². The van der Waals surface area contributed by atoms with Gasteiger partial charge in [-0.1, -0.05) is 30.3 Å². The minimum absolute atomic E-state index is 0.0434. The van der Waals surface area contributed by atoms with Gasteiger partial charge >= 0.3 is 0 Å². The first kappa shape index (κ1) is 17.1. The maximum atomic E-state index is 12.0. The molecule has 2 heterocycles. The highest BCUT2D eigenvalue weighted by molar-refractivity contribution is 7.13. The van der Waals surface area contributed by atoms with E-state index in [4.69, 9.17) is 4.74 Å². The first-order valence-electron chi connectivity index (χ1n) is 8.38. The van der Waals surface area contributed by atoms with Crippen molar-refractivity contribution in [2.75, 3.05) is 39.4 Å². The van der Waals surface area contributed by atoms with Crippen molar-refractivity contribution >= 4 is 17.2 Å². The topological polar surface area (TPSA) is 54.5 Å². The van der Waals surface area contributed by atoms with Crippen molar-refractivity contribution in [3.05, 3.63) is 41.4 Å². The molecule has 1 aliphatic rings. The number of rotatable bonds is 7. The molecule has 1 amide bonds. The zero-order valence-corrected chi connectivity index (χ0v) is 14.6. The lowest BCUT2D eigenvalue weighted by atomic mass is 10.2. The third-order valence-corrected chi connectivity index (χ3v) is 4.93. The van der Waals surface area contributed by atoms with Crippen LogP contribution in [0, 0.1) is 0 Å². The van der Waals surface area contributed by atoms with E-state index in [9.17, 15) is 4.79 Å². The number of benzene rings is 1. The molecule has 3 rings (SSSR count). The van der Waals surface area contributed by atoms with Gasteiger partial charge in [0.15, 0.2) is 0 Å². The predicted molar refractivity (Wildman–Crippen MR) is 96.1 cm³/mol. The van der Waals surface area contributed by atoms with Gasteiger partial charge in [0.2, 0.25) is 5.91 Å². The van der Waals surface area contributed by atoms with Crippen LogP contribution in [0.25, 0.3) is 10.6 Å². The highest BCUT2D eigenvalue weighted by atomic mass is 32.1. The van der Waals surface area contributed by atoms with Gasteiger partial charge < -0.3 is 10.1 Å². The van der Waals surface area contributed by atoms with E-state index in [0.717, 1.165) is 55.5 Å². The molecule has 1 aromatic heterocycles. The summed E-state index contributed by atoms with van der Waals surface area (Å²) in [6, 6.07) is 10.1. The molecule has 24 heavy (non-hydrogen) atoms. The highest BCUT2D eigenvalue weighted by Gasteiger charge is 2.11. The van der Waals surface area contributed by atoms with E-state index < -0.39 is 0 Å². The number of carbonyl (C=O) groups is 1. The summed E-state index contributed by atoms with van der Waals surface area (Å²) in [5, 5.41) is 5.92. The van der Waals surface area contributed by atoms with Crippen LogP contribution in [-0.2, 0) is 16.0 Å². The highest BCUT2D eigenvalue weighted by Crippen LogP contribution is 2.23. The van der Waals surface area contributed by atoms with Crippen LogP contribution < -0.4 is 5.32 Å². The normalized spacial score (nSPS) is 15.3. The predicted octanol–water partition coefficient (Wildman–Crippen LogP) is 2.19. The van der Waals surface area contributed by atoms with Crippen molar-refractivity contribution in [2.24, 2.45) is 0 Å². The Hall–Kier alpha value is -1.76. The summed E-state index contributed by atoms with van der Waals surface area (Å²) >= 11 is 1.58. The molecule has 1 N–H and O–H groups in total. The number of thiazole rings is 1. The lowest BCUT2D eigenvalue weighted by Crippen LogP contribution is -2.38. The number of aromatic nitrogens is 1. The third kappa shape index (κ3) is 5.12. The second kappa shape index (κ2) is 8.92. The van der Waals surface area contributed by atoms with Crippen molar-refractivity contribution < 1.29 is 9.53 Å². The molecule has 0 atom stereocenters. The van der Waals surface area contributed by atoms with Gasteiger partial charge in [0.25, 0.3) is 0 Å². The van der Waals surface area contributed by atoms with E-state index >= 15 is 0 Å². The van der Waals surface area contributed by atoms with Crippen LogP contribution in [0.15, 0.2) is 35.7 Å². The van der Waals surface area contributed by atoms with Gasteiger partial charge in [-0.3, -0.25) is 9.69 Å². The largest absolute Gasteiger partial charge is 0.379 e. The summed E-state index contributed by atoms with van der Waals surface area (Å²) in [7, 11) is 0. The molecule has 0 saturated carbocycles. The smallest absolute Gasteiger partial charge is 0.226 e. The Labute approximate surface area is 146 Å². The van der Waals surface area contributed by atoms with Crippen LogP contribution in [-0.4, -0.2) is 55.2 Å². The second-order valence-corrected chi connectivity index (χ2v) is 6.70. The van der Waals surface area contributed by atoms with Gasteiger partial charge in [-0.15, -0.1) is 11.3 Å². The molecular weight excluding hydrogens is 322 g/mol. The van der Waals surface area contributed by atoms with E-state index in [1.165, 1.54) is 0 Å². The van der Waals surface area contributed by atoms with Crippen LogP contribution in [0.3, 0.4) is 0 Å². The minimum Gasteiger partial charge on any atom is -0.379 e. The van der Waals surface area contributed by atoms with Crippen molar-refractivity contribution in [1.29, 1.82) is 0 Å². The average molecular weight is 345 g/mol. The molecule has 6 heteroatoms. The Morgan fingerprint density at radius 1 is 1.25 bits per heavy atom. The fourth-order valence-electron chi connectivity index (χ4n) is 2.68. The summed E-state index contributed by atoms with van der Waals surface area (Å²) in [6.07, 6.45) is 1.32. The number of carbonyl (C=O) groups excluding carboxylic acids is 1. The summed E-state index contributed by atoms with van der Waals surface area (Å²) in [4.78, 5) is 19.0. The van der Waals surface area contributed by atoms with E-state index in [0.29, 0.717) is 13.0 Å². The van der Waals surface area contributed by atoms with Crippen LogP contribution in [0.4, 0.5) is 0 Å². The minimum atomic E-state index is 0.0434. The molecule has 128 valence electrons. The fraction of sp³-hybridized carbons (Fsp3) is 0.444. The van der Waals surface area contributed by atoms with Gasteiger partial charge in [-0.2, -0.15) is 0 Å². The molecule has 0 unspecified atom stereocenters. The SMILES string of the molecule is O=C(Cc1csc(-c2ccccc2)n1)NCCCN1CCOCC1. The van der Waals surface area contributed by atoms with Gasteiger partial charge in [0.1, 0.15) is 5.01 Å². The lowest BCUT2D eigenvalue weighted by molar-refractivity contribution is -0.120. The van der Waals surface area contributed by atoms with Gasteiger partial charge in [0, 0.05) is 30.6 Å². The van der Waals surface area contributed by atoms with Crippen molar-refractivity contribution in [2.45, 2.75) is 12.8 Å².